The van der Waals surface area contributed by atoms with Crippen molar-refractivity contribution in [2.24, 2.45) is 0 Å². The van der Waals surface area contributed by atoms with Gasteiger partial charge in [0.2, 0.25) is 11.8 Å². The standard InChI is InChI=1S/C24H32N2O2/c1-16(2)25-24(28)20(6)26(15-21-10-8-7-9-18(21)4)23(27)14-22-13-17(3)11-12-19(22)5/h7-13,16,20H,14-15H2,1-6H3,(H,25,28). The van der Waals surface area contributed by atoms with E-state index in [1.165, 1.54) is 0 Å². The van der Waals surface area contributed by atoms with Gasteiger partial charge in [-0.3, -0.25) is 9.59 Å². The third-order valence-corrected chi connectivity index (χ3v) is 5.05. The van der Waals surface area contributed by atoms with Crippen molar-refractivity contribution < 1.29 is 9.59 Å². The third kappa shape index (κ3) is 5.69. The van der Waals surface area contributed by atoms with Gasteiger partial charge in [-0.15, -0.1) is 0 Å². The van der Waals surface area contributed by atoms with Crippen LogP contribution in [0.25, 0.3) is 0 Å². The largest absolute Gasteiger partial charge is 0.352 e. The van der Waals surface area contributed by atoms with Crippen LogP contribution in [0, 0.1) is 20.8 Å². The van der Waals surface area contributed by atoms with Crippen molar-refractivity contribution in [3.8, 4) is 0 Å². The quantitative estimate of drug-likeness (QED) is 0.786. The van der Waals surface area contributed by atoms with Crippen molar-refractivity contribution in [3.63, 3.8) is 0 Å². The van der Waals surface area contributed by atoms with Gasteiger partial charge in [-0.1, -0.05) is 48.0 Å². The van der Waals surface area contributed by atoms with Crippen LogP contribution in [0.15, 0.2) is 42.5 Å². The SMILES string of the molecule is Cc1ccc(C)c(CC(=O)N(Cc2ccccc2C)C(C)C(=O)NC(C)C)c1. The molecule has 0 spiro atoms. The molecule has 0 radical (unpaired) electrons. The Morgan fingerprint density at radius 3 is 2.21 bits per heavy atom. The van der Waals surface area contributed by atoms with Gasteiger partial charge in [0.15, 0.2) is 0 Å². The molecule has 0 saturated carbocycles. The number of nitrogens with zero attached hydrogens (tertiary/aromatic N) is 1. The zero-order valence-corrected chi connectivity index (χ0v) is 17.9. The first-order valence-corrected chi connectivity index (χ1v) is 9.89. The molecular weight excluding hydrogens is 348 g/mol. The highest BCUT2D eigenvalue weighted by molar-refractivity contribution is 5.88. The summed E-state index contributed by atoms with van der Waals surface area (Å²) in [7, 11) is 0. The molecule has 0 aromatic heterocycles. The maximum absolute atomic E-state index is 13.3. The van der Waals surface area contributed by atoms with Crippen molar-refractivity contribution in [1.29, 1.82) is 0 Å². The summed E-state index contributed by atoms with van der Waals surface area (Å²) in [5.41, 5.74) is 5.40. The second-order valence-electron chi connectivity index (χ2n) is 7.89. The normalized spacial score (nSPS) is 12.0. The van der Waals surface area contributed by atoms with Crippen molar-refractivity contribution in [2.75, 3.05) is 0 Å². The summed E-state index contributed by atoms with van der Waals surface area (Å²) < 4.78 is 0. The molecular formula is C24H32N2O2. The molecule has 0 aliphatic rings. The zero-order valence-electron chi connectivity index (χ0n) is 17.9. The summed E-state index contributed by atoms with van der Waals surface area (Å²) in [4.78, 5) is 27.6. The van der Waals surface area contributed by atoms with Crippen LogP contribution in [0.3, 0.4) is 0 Å². The lowest BCUT2D eigenvalue weighted by Gasteiger charge is -2.30. The maximum atomic E-state index is 13.3. The Bertz CT molecular complexity index is 842. The minimum Gasteiger partial charge on any atom is -0.352 e. The molecule has 150 valence electrons. The van der Waals surface area contributed by atoms with E-state index in [0.29, 0.717) is 13.0 Å². The lowest BCUT2D eigenvalue weighted by molar-refractivity contribution is -0.140. The average molecular weight is 381 g/mol. The Hall–Kier alpha value is -2.62. The molecule has 0 aliphatic carbocycles. The highest BCUT2D eigenvalue weighted by atomic mass is 16.2. The molecule has 2 aromatic rings. The van der Waals surface area contributed by atoms with Gasteiger partial charge in [0, 0.05) is 12.6 Å². The highest BCUT2D eigenvalue weighted by Gasteiger charge is 2.27. The predicted molar refractivity (Wildman–Crippen MR) is 114 cm³/mol. The molecule has 2 aromatic carbocycles. The molecule has 1 unspecified atom stereocenters. The Morgan fingerprint density at radius 1 is 0.929 bits per heavy atom. The molecule has 1 N–H and O–H groups in total. The van der Waals surface area contributed by atoms with E-state index in [4.69, 9.17) is 0 Å². The predicted octanol–water partition coefficient (Wildman–Crippen LogP) is 4.10. The van der Waals surface area contributed by atoms with Crippen LogP contribution in [0.2, 0.25) is 0 Å². The molecule has 4 heteroatoms. The van der Waals surface area contributed by atoms with Crippen molar-refractivity contribution in [2.45, 2.75) is 66.6 Å². The van der Waals surface area contributed by atoms with Gasteiger partial charge in [-0.25, -0.2) is 0 Å². The number of hydrogen-bond donors (Lipinski definition) is 1. The topological polar surface area (TPSA) is 49.4 Å². The summed E-state index contributed by atoms with van der Waals surface area (Å²) in [5, 5.41) is 2.93. The van der Waals surface area contributed by atoms with Gasteiger partial charge < -0.3 is 10.2 Å². The van der Waals surface area contributed by atoms with E-state index in [9.17, 15) is 9.59 Å². The van der Waals surface area contributed by atoms with Gasteiger partial charge in [-0.2, -0.15) is 0 Å². The summed E-state index contributed by atoms with van der Waals surface area (Å²) in [6.07, 6.45) is 0.290. The molecule has 0 aliphatic heterocycles. The number of carbonyl (C=O) groups is 2. The number of aryl methyl sites for hydroxylation is 3. The van der Waals surface area contributed by atoms with E-state index >= 15 is 0 Å². The van der Waals surface area contributed by atoms with E-state index in [2.05, 4.69) is 11.4 Å². The van der Waals surface area contributed by atoms with E-state index in [1.54, 1.807) is 11.8 Å². The molecule has 1 atom stereocenters. The molecule has 0 bridgehead atoms. The van der Waals surface area contributed by atoms with Gasteiger partial charge in [0.05, 0.1) is 6.42 Å². The highest BCUT2D eigenvalue weighted by Crippen LogP contribution is 2.17. The second kappa shape index (κ2) is 9.54. The van der Waals surface area contributed by atoms with Crippen LogP contribution >= 0.6 is 0 Å². The van der Waals surface area contributed by atoms with E-state index in [0.717, 1.165) is 27.8 Å². The minimum absolute atomic E-state index is 0.0318. The van der Waals surface area contributed by atoms with Gasteiger partial charge in [0.1, 0.15) is 6.04 Å². The number of carbonyl (C=O) groups excluding carboxylic acids is 2. The molecule has 2 amide bonds. The Labute approximate surface area is 169 Å². The number of hydrogen-bond acceptors (Lipinski definition) is 2. The lowest BCUT2D eigenvalue weighted by Crippen LogP contribution is -2.49. The first kappa shape index (κ1) is 21.7. The van der Waals surface area contributed by atoms with Gasteiger partial charge in [-0.05, 0) is 63.8 Å². The number of nitrogens with one attached hydrogen (secondary N) is 1. The molecule has 4 nitrogen and oxygen atoms in total. The maximum Gasteiger partial charge on any atom is 0.242 e. The Kier molecular flexibility index (Phi) is 7.38. The fourth-order valence-corrected chi connectivity index (χ4v) is 3.21. The molecule has 0 heterocycles. The van der Waals surface area contributed by atoms with E-state index in [1.807, 2.05) is 71.0 Å². The van der Waals surface area contributed by atoms with Crippen molar-refractivity contribution in [1.82, 2.24) is 10.2 Å². The third-order valence-electron chi connectivity index (χ3n) is 5.05. The van der Waals surface area contributed by atoms with Gasteiger partial charge >= 0.3 is 0 Å². The van der Waals surface area contributed by atoms with Crippen LogP contribution in [0.4, 0.5) is 0 Å². The van der Waals surface area contributed by atoms with Crippen molar-refractivity contribution in [3.05, 3.63) is 70.3 Å². The molecule has 28 heavy (non-hydrogen) atoms. The van der Waals surface area contributed by atoms with Crippen molar-refractivity contribution >= 4 is 11.8 Å². The van der Waals surface area contributed by atoms with Crippen LogP contribution in [0.5, 0.6) is 0 Å². The monoisotopic (exact) mass is 380 g/mol. The molecule has 2 rings (SSSR count). The fourth-order valence-electron chi connectivity index (χ4n) is 3.21. The second-order valence-corrected chi connectivity index (χ2v) is 7.89. The molecule has 0 fully saturated rings. The number of benzene rings is 2. The fraction of sp³-hybridized carbons (Fsp3) is 0.417. The number of amides is 2. The zero-order chi connectivity index (χ0) is 20.8. The summed E-state index contributed by atoms with van der Waals surface area (Å²) in [6, 6.07) is 13.6. The van der Waals surface area contributed by atoms with Crippen LogP contribution in [-0.4, -0.2) is 28.8 Å². The smallest absolute Gasteiger partial charge is 0.242 e. The van der Waals surface area contributed by atoms with Crippen LogP contribution in [-0.2, 0) is 22.6 Å². The number of rotatable bonds is 7. The van der Waals surface area contributed by atoms with Crippen LogP contribution < -0.4 is 5.32 Å². The average Bonchev–Trinajstić information content (AvgIpc) is 2.62. The molecule has 0 saturated heterocycles. The lowest BCUT2D eigenvalue weighted by atomic mass is 10.0. The first-order chi connectivity index (χ1) is 13.2. The van der Waals surface area contributed by atoms with Crippen LogP contribution in [0.1, 0.15) is 48.6 Å². The summed E-state index contributed by atoms with van der Waals surface area (Å²) in [6.45, 7) is 12.1. The minimum atomic E-state index is -0.542. The Morgan fingerprint density at radius 2 is 1.57 bits per heavy atom. The summed E-state index contributed by atoms with van der Waals surface area (Å²) >= 11 is 0. The van der Waals surface area contributed by atoms with E-state index < -0.39 is 6.04 Å². The van der Waals surface area contributed by atoms with Gasteiger partial charge in [0.25, 0.3) is 0 Å². The first-order valence-electron chi connectivity index (χ1n) is 9.89. The Balaban J connectivity index is 2.30. The van der Waals surface area contributed by atoms with E-state index in [-0.39, 0.29) is 17.9 Å². The summed E-state index contributed by atoms with van der Waals surface area (Å²) in [5.74, 6) is -0.166.